The first kappa shape index (κ1) is 25.6. The molecule has 1 aromatic heterocycles. The van der Waals surface area contributed by atoms with Crippen LogP contribution in [0, 0.1) is 0 Å². The van der Waals surface area contributed by atoms with Gasteiger partial charge in [0.2, 0.25) is 0 Å². The van der Waals surface area contributed by atoms with E-state index in [1.54, 1.807) is 0 Å². The van der Waals surface area contributed by atoms with Crippen LogP contribution >= 0.6 is 0 Å². The Hall–Kier alpha value is -1.63. The van der Waals surface area contributed by atoms with E-state index in [0.717, 1.165) is 6.54 Å². The number of nitrogens with zero attached hydrogens (tertiary/aromatic N) is 1. The van der Waals surface area contributed by atoms with Crippen LogP contribution < -0.4 is 4.57 Å². The molecular formula is C30H48N+. The summed E-state index contributed by atoms with van der Waals surface area (Å²) in [5, 5.41) is 0. The molecule has 0 amide bonds. The molecule has 0 N–H and O–H groups in total. The van der Waals surface area contributed by atoms with Crippen LogP contribution in [0.1, 0.15) is 121 Å². The van der Waals surface area contributed by atoms with Gasteiger partial charge in [0.25, 0.3) is 0 Å². The standard InChI is InChI=1S/C30H48N/c1-2-3-4-5-6-7-8-9-10-11-12-13-14-15-16-18-21-29-22-24-30(25-23-29)28-31-26-19-17-20-27-31/h17,19-20,22-27H,2-16,18,21,28H2,1H3/q+1. The van der Waals surface area contributed by atoms with Crippen LogP contribution in [0.25, 0.3) is 0 Å². The lowest BCUT2D eigenvalue weighted by Crippen LogP contribution is -2.32. The van der Waals surface area contributed by atoms with Crippen molar-refractivity contribution >= 4 is 0 Å². The van der Waals surface area contributed by atoms with E-state index in [-0.39, 0.29) is 0 Å². The van der Waals surface area contributed by atoms with Gasteiger partial charge in [0.1, 0.15) is 0 Å². The van der Waals surface area contributed by atoms with E-state index in [4.69, 9.17) is 0 Å². The van der Waals surface area contributed by atoms with Gasteiger partial charge in [0, 0.05) is 17.7 Å². The molecule has 0 aliphatic rings. The van der Waals surface area contributed by atoms with Crippen molar-refractivity contribution in [3.63, 3.8) is 0 Å². The second-order valence-corrected chi connectivity index (χ2v) is 9.42. The molecule has 1 heterocycles. The summed E-state index contributed by atoms with van der Waals surface area (Å²) in [6, 6.07) is 15.5. The molecular weight excluding hydrogens is 374 g/mol. The van der Waals surface area contributed by atoms with Gasteiger partial charge in [-0.1, -0.05) is 134 Å². The minimum Gasteiger partial charge on any atom is -0.201 e. The Bertz CT molecular complexity index is 631. The van der Waals surface area contributed by atoms with Crippen LogP contribution in [0.15, 0.2) is 54.9 Å². The van der Waals surface area contributed by atoms with E-state index in [2.05, 4.69) is 66.3 Å². The number of hydrogen-bond donors (Lipinski definition) is 0. The summed E-state index contributed by atoms with van der Waals surface area (Å²) in [6.07, 6.45) is 28.5. The Balaban J connectivity index is 1.36. The summed E-state index contributed by atoms with van der Waals surface area (Å²) >= 11 is 0. The Kier molecular flexibility index (Phi) is 14.9. The van der Waals surface area contributed by atoms with E-state index < -0.39 is 0 Å². The molecule has 0 atom stereocenters. The molecule has 2 rings (SSSR count). The van der Waals surface area contributed by atoms with E-state index in [1.165, 1.54) is 120 Å². The van der Waals surface area contributed by atoms with Crippen molar-refractivity contribution in [2.75, 3.05) is 0 Å². The zero-order valence-corrected chi connectivity index (χ0v) is 20.4. The molecule has 0 fully saturated rings. The molecule has 0 aliphatic heterocycles. The smallest absolute Gasteiger partial charge is 0.173 e. The summed E-state index contributed by atoms with van der Waals surface area (Å²) in [5.41, 5.74) is 2.87. The third-order valence-electron chi connectivity index (χ3n) is 6.48. The molecule has 1 heteroatoms. The van der Waals surface area contributed by atoms with Crippen molar-refractivity contribution < 1.29 is 4.57 Å². The lowest BCUT2D eigenvalue weighted by molar-refractivity contribution is -0.688. The Morgan fingerprint density at radius 2 is 0.903 bits per heavy atom. The maximum absolute atomic E-state index is 2.32. The third kappa shape index (κ3) is 13.4. The maximum Gasteiger partial charge on any atom is 0.173 e. The largest absolute Gasteiger partial charge is 0.201 e. The van der Waals surface area contributed by atoms with Gasteiger partial charge >= 0.3 is 0 Å². The molecule has 0 unspecified atom stereocenters. The van der Waals surface area contributed by atoms with Crippen molar-refractivity contribution in [2.24, 2.45) is 0 Å². The predicted octanol–water partition coefficient (Wildman–Crippen LogP) is 8.83. The van der Waals surface area contributed by atoms with Gasteiger partial charge < -0.3 is 0 Å². The van der Waals surface area contributed by atoms with Gasteiger partial charge in [-0.3, -0.25) is 0 Å². The summed E-state index contributed by atoms with van der Waals surface area (Å²) in [4.78, 5) is 0. The fraction of sp³-hybridized carbons (Fsp3) is 0.633. The topological polar surface area (TPSA) is 3.88 Å². The monoisotopic (exact) mass is 422 g/mol. The number of hydrogen-bond acceptors (Lipinski definition) is 0. The average molecular weight is 423 g/mol. The van der Waals surface area contributed by atoms with Crippen molar-refractivity contribution in [2.45, 2.75) is 123 Å². The van der Waals surface area contributed by atoms with Gasteiger partial charge in [0.15, 0.2) is 18.9 Å². The van der Waals surface area contributed by atoms with Crippen LogP contribution in [-0.4, -0.2) is 0 Å². The van der Waals surface area contributed by atoms with E-state index in [0.29, 0.717) is 0 Å². The minimum absolute atomic E-state index is 0.958. The lowest BCUT2D eigenvalue weighted by Gasteiger charge is -2.05. The van der Waals surface area contributed by atoms with Crippen LogP contribution in [0.5, 0.6) is 0 Å². The molecule has 0 saturated carbocycles. The minimum atomic E-state index is 0.958. The highest BCUT2D eigenvalue weighted by Crippen LogP contribution is 2.15. The van der Waals surface area contributed by atoms with E-state index in [1.807, 2.05) is 0 Å². The van der Waals surface area contributed by atoms with E-state index >= 15 is 0 Å². The fourth-order valence-corrected chi connectivity index (χ4v) is 4.44. The molecule has 172 valence electrons. The van der Waals surface area contributed by atoms with Gasteiger partial charge in [0.05, 0.1) is 0 Å². The van der Waals surface area contributed by atoms with Gasteiger partial charge in [-0.15, -0.1) is 0 Å². The summed E-state index contributed by atoms with van der Waals surface area (Å²) < 4.78 is 2.23. The number of pyridine rings is 1. The Labute approximate surface area is 193 Å². The third-order valence-corrected chi connectivity index (χ3v) is 6.48. The first-order chi connectivity index (χ1) is 15.4. The number of unbranched alkanes of at least 4 members (excludes halogenated alkanes) is 15. The average Bonchev–Trinajstić information content (AvgIpc) is 2.80. The molecule has 0 radical (unpaired) electrons. The van der Waals surface area contributed by atoms with E-state index in [9.17, 15) is 0 Å². The number of aryl methyl sites for hydroxylation is 1. The van der Waals surface area contributed by atoms with Crippen molar-refractivity contribution in [1.82, 2.24) is 0 Å². The van der Waals surface area contributed by atoms with Gasteiger partial charge in [-0.05, 0) is 18.4 Å². The van der Waals surface area contributed by atoms with Crippen LogP contribution in [0.3, 0.4) is 0 Å². The Morgan fingerprint density at radius 1 is 0.484 bits per heavy atom. The number of aromatic nitrogens is 1. The normalized spacial score (nSPS) is 11.1. The number of benzene rings is 1. The summed E-state index contributed by atoms with van der Waals surface area (Å²) in [7, 11) is 0. The highest BCUT2D eigenvalue weighted by molar-refractivity contribution is 5.22. The molecule has 2 aromatic rings. The SMILES string of the molecule is CCCCCCCCCCCCCCCCCCc1ccc(C[n+]2ccccc2)cc1. The zero-order chi connectivity index (χ0) is 21.8. The Morgan fingerprint density at radius 3 is 1.39 bits per heavy atom. The van der Waals surface area contributed by atoms with Crippen molar-refractivity contribution in [1.29, 1.82) is 0 Å². The molecule has 0 spiro atoms. The van der Waals surface area contributed by atoms with Crippen molar-refractivity contribution in [3.8, 4) is 0 Å². The number of rotatable bonds is 19. The molecule has 0 bridgehead atoms. The highest BCUT2D eigenvalue weighted by Gasteiger charge is 2.02. The molecule has 1 nitrogen and oxygen atoms in total. The summed E-state index contributed by atoms with van der Waals surface area (Å²) in [6.45, 7) is 3.26. The highest BCUT2D eigenvalue weighted by atomic mass is 14.9. The van der Waals surface area contributed by atoms with Crippen molar-refractivity contribution in [3.05, 3.63) is 66.0 Å². The quantitative estimate of drug-likeness (QED) is 0.157. The second-order valence-electron chi connectivity index (χ2n) is 9.42. The van der Waals surface area contributed by atoms with Crippen LogP contribution in [-0.2, 0) is 13.0 Å². The van der Waals surface area contributed by atoms with Crippen LogP contribution in [0.2, 0.25) is 0 Å². The van der Waals surface area contributed by atoms with Crippen LogP contribution in [0.4, 0.5) is 0 Å². The first-order valence-electron chi connectivity index (χ1n) is 13.4. The molecule has 0 saturated heterocycles. The molecule has 1 aromatic carbocycles. The second kappa shape index (κ2) is 18.0. The first-order valence-corrected chi connectivity index (χ1v) is 13.4. The summed E-state index contributed by atoms with van der Waals surface area (Å²) in [5.74, 6) is 0. The van der Waals surface area contributed by atoms with Gasteiger partial charge in [-0.25, -0.2) is 4.57 Å². The van der Waals surface area contributed by atoms with Gasteiger partial charge in [-0.2, -0.15) is 0 Å². The lowest BCUT2D eigenvalue weighted by atomic mass is 10.0. The molecule has 31 heavy (non-hydrogen) atoms. The maximum atomic E-state index is 2.32. The zero-order valence-electron chi connectivity index (χ0n) is 20.4. The predicted molar refractivity (Wildman–Crippen MR) is 135 cm³/mol. The fourth-order valence-electron chi connectivity index (χ4n) is 4.44. The molecule has 0 aliphatic carbocycles.